The Bertz CT molecular complexity index is 542. The second kappa shape index (κ2) is 3.86. The third-order valence-electron chi connectivity index (χ3n) is 2.49. The number of aromatic carboxylic acids is 1. The number of aryl methyl sites for hydroxylation is 1. The molecule has 5 nitrogen and oxygen atoms in total. The molecule has 5 heteroatoms. The predicted molar refractivity (Wildman–Crippen MR) is 59.8 cm³/mol. The summed E-state index contributed by atoms with van der Waals surface area (Å²) in [5.41, 5.74) is 1.10. The van der Waals surface area contributed by atoms with E-state index in [4.69, 9.17) is 5.11 Å². The average molecular weight is 231 g/mol. The first kappa shape index (κ1) is 11.1. The highest BCUT2D eigenvalue weighted by atomic mass is 16.4. The fraction of sp³-hybridized carbons (Fsp3) is 0.0833. The van der Waals surface area contributed by atoms with Gasteiger partial charge < -0.3 is 5.11 Å². The Balaban J connectivity index is 2.44. The van der Waals surface area contributed by atoms with Gasteiger partial charge in [-0.25, -0.2) is 9.69 Å². The SMILES string of the molecule is Cc1cc(C(=O)O)ccc1N1C(=O)C=CC1=O. The second-order valence-electron chi connectivity index (χ2n) is 3.65. The van der Waals surface area contributed by atoms with Crippen LogP contribution in [0.2, 0.25) is 0 Å². The molecule has 0 fully saturated rings. The molecule has 0 radical (unpaired) electrons. The summed E-state index contributed by atoms with van der Waals surface area (Å²) in [6, 6.07) is 4.25. The molecule has 86 valence electrons. The maximum atomic E-state index is 11.5. The minimum Gasteiger partial charge on any atom is -0.478 e. The maximum absolute atomic E-state index is 11.5. The molecule has 2 rings (SSSR count). The van der Waals surface area contributed by atoms with Gasteiger partial charge in [-0.15, -0.1) is 0 Å². The van der Waals surface area contributed by atoms with E-state index in [9.17, 15) is 14.4 Å². The van der Waals surface area contributed by atoms with Crippen molar-refractivity contribution in [3.8, 4) is 0 Å². The highest BCUT2D eigenvalue weighted by Crippen LogP contribution is 2.24. The second-order valence-corrected chi connectivity index (χ2v) is 3.65. The molecule has 1 aliphatic rings. The van der Waals surface area contributed by atoms with E-state index in [1.54, 1.807) is 6.92 Å². The first-order valence-corrected chi connectivity index (χ1v) is 4.91. The number of hydrogen-bond donors (Lipinski definition) is 1. The zero-order chi connectivity index (χ0) is 12.6. The van der Waals surface area contributed by atoms with E-state index in [0.29, 0.717) is 11.3 Å². The quantitative estimate of drug-likeness (QED) is 0.774. The van der Waals surface area contributed by atoms with E-state index < -0.39 is 17.8 Å². The van der Waals surface area contributed by atoms with Crippen molar-refractivity contribution in [1.29, 1.82) is 0 Å². The van der Waals surface area contributed by atoms with Crippen molar-refractivity contribution in [2.75, 3.05) is 4.90 Å². The lowest BCUT2D eigenvalue weighted by molar-refractivity contribution is -0.120. The topological polar surface area (TPSA) is 74.7 Å². The van der Waals surface area contributed by atoms with E-state index in [-0.39, 0.29) is 5.56 Å². The number of carboxylic acid groups (broad SMARTS) is 1. The number of nitrogens with zero attached hydrogens (tertiary/aromatic N) is 1. The smallest absolute Gasteiger partial charge is 0.335 e. The number of benzene rings is 1. The van der Waals surface area contributed by atoms with Crippen LogP contribution in [-0.2, 0) is 9.59 Å². The highest BCUT2D eigenvalue weighted by Gasteiger charge is 2.26. The highest BCUT2D eigenvalue weighted by molar-refractivity contribution is 6.28. The summed E-state index contributed by atoms with van der Waals surface area (Å²) in [4.78, 5) is 34.7. The van der Waals surface area contributed by atoms with E-state index in [2.05, 4.69) is 0 Å². The third-order valence-corrected chi connectivity index (χ3v) is 2.49. The monoisotopic (exact) mass is 231 g/mol. The van der Waals surface area contributed by atoms with Gasteiger partial charge in [0.2, 0.25) is 0 Å². The van der Waals surface area contributed by atoms with Gasteiger partial charge in [-0.1, -0.05) is 0 Å². The van der Waals surface area contributed by atoms with Gasteiger partial charge in [-0.05, 0) is 30.7 Å². The van der Waals surface area contributed by atoms with Crippen LogP contribution >= 0.6 is 0 Å². The Kier molecular flexibility index (Phi) is 2.51. The van der Waals surface area contributed by atoms with Gasteiger partial charge in [0, 0.05) is 12.2 Å². The molecule has 0 atom stereocenters. The molecule has 2 amide bonds. The van der Waals surface area contributed by atoms with Crippen LogP contribution in [-0.4, -0.2) is 22.9 Å². The Morgan fingerprint density at radius 1 is 1.18 bits per heavy atom. The van der Waals surface area contributed by atoms with E-state index in [1.807, 2.05) is 0 Å². The summed E-state index contributed by atoms with van der Waals surface area (Å²) in [6.45, 7) is 1.65. The maximum Gasteiger partial charge on any atom is 0.335 e. The molecule has 1 aliphatic heterocycles. The van der Waals surface area contributed by atoms with Crippen LogP contribution in [0.1, 0.15) is 15.9 Å². The summed E-state index contributed by atoms with van der Waals surface area (Å²) in [5.74, 6) is -1.88. The zero-order valence-corrected chi connectivity index (χ0v) is 9.01. The van der Waals surface area contributed by atoms with Crippen LogP contribution < -0.4 is 4.90 Å². The molecular weight excluding hydrogens is 222 g/mol. The Hall–Kier alpha value is -2.43. The fourth-order valence-corrected chi connectivity index (χ4v) is 1.68. The van der Waals surface area contributed by atoms with Crippen molar-refractivity contribution in [2.45, 2.75) is 6.92 Å². The molecule has 0 saturated carbocycles. The molecule has 1 N–H and O–H groups in total. The molecule has 0 spiro atoms. The van der Waals surface area contributed by atoms with Crippen LogP contribution in [0.15, 0.2) is 30.4 Å². The predicted octanol–water partition coefficient (Wildman–Crippen LogP) is 1.12. The van der Waals surface area contributed by atoms with Gasteiger partial charge in [-0.2, -0.15) is 0 Å². The van der Waals surface area contributed by atoms with Crippen LogP contribution in [0.5, 0.6) is 0 Å². The van der Waals surface area contributed by atoms with Crippen molar-refractivity contribution >= 4 is 23.5 Å². The van der Waals surface area contributed by atoms with Crippen LogP contribution in [0.4, 0.5) is 5.69 Å². The van der Waals surface area contributed by atoms with E-state index in [0.717, 1.165) is 4.90 Å². The number of imide groups is 1. The van der Waals surface area contributed by atoms with Gasteiger partial charge in [0.15, 0.2) is 0 Å². The first-order chi connectivity index (χ1) is 8.00. The number of rotatable bonds is 2. The molecule has 0 aliphatic carbocycles. The standard InChI is InChI=1S/C12H9NO4/c1-7-6-8(12(16)17)2-3-9(7)13-10(14)4-5-11(13)15/h2-6H,1H3,(H,16,17). The molecule has 0 saturated heterocycles. The Morgan fingerprint density at radius 3 is 2.24 bits per heavy atom. The molecule has 1 aromatic carbocycles. The lowest BCUT2D eigenvalue weighted by Crippen LogP contribution is -2.30. The zero-order valence-electron chi connectivity index (χ0n) is 9.01. The van der Waals surface area contributed by atoms with Gasteiger partial charge in [0.05, 0.1) is 11.3 Å². The van der Waals surface area contributed by atoms with Gasteiger partial charge in [0.1, 0.15) is 0 Å². The minimum absolute atomic E-state index is 0.123. The number of carboxylic acids is 1. The van der Waals surface area contributed by atoms with Gasteiger partial charge >= 0.3 is 5.97 Å². The lowest BCUT2D eigenvalue weighted by atomic mass is 10.1. The summed E-state index contributed by atoms with van der Waals surface area (Å²) in [5, 5.41) is 8.81. The number of hydrogen-bond acceptors (Lipinski definition) is 3. The molecule has 0 bridgehead atoms. The number of carbonyl (C=O) groups is 3. The average Bonchev–Trinajstić information content (AvgIpc) is 2.59. The fourth-order valence-electron chi connectivity index (χ4n) is 1.68. The largest absolute Gasteiger partial charge is 0.478 e. The van der Waals surface area contributed by atoms with Crippen LogP contribution in [0.3, 0.4) is 0 Å². The van der Waals surface area contributed by atoms with Crippen molar-refractivity contribution < 1.29 is 19.5 Å². The number of amides is 2. The molecule has 0 aromatic heterocycles. The normalized spacial score (nSPS) is 14.5. The molecular formula is C12H9NO4. The first-order valence-electron chi connectivity index (χ1n) is 4.91. The van der Waals surface area contributed by atoms with Crippen molar-refractivity contribution in [2.24, 2.45) is 0 Å². The minimum atomic E-state index is -1.04. The molecule has 0 unspecified atom stereocenters. The van der Waals surface area contributed by atoms with Crippen molar-refractivity contribution in [1.82, 2.24) is 0 Å². The third kappa shape index (κ3) is 1.82. The number of anilines is 1. The molecule has 17 heavy (non-hydrogen) atoms. The number of carbonyl (C=O) groups excluding carboxylic acids is 2. The van der Waals surface area contributed by atoms with Gasteiger partial charge in [-0.3, -0.25) is 9.59 Å². The summed E-state index contributed by atoms with van der Waals surface area (Å²) < 4.78 is 0. The Labute approximate surface area is 97.0 Å². The van der Waals surface area contributed by atoms with Crippen molar-refractivity contribution in [3.05, 3.63) is 41.5 Å². The van der Waals surface area contributed by atoms with Gasteiger partial charge in [0.25, 0.3) is 11.8 Å². The lowest BCUT2D eigenvalue weighted by Gasteiger charge is -2.16. The van der Waals surface area contributed by atoms with Crippen molar-refractivity contribution in [3.63, 3.8) is 0 Å². The van der Waals surface area contributed by atoms with E-state index in [1.165, 1.54) is 30.4 Å². The summed E-state index contributed by atoms with van der Waals surface area (Å²) >= 11 is 0. The van der Waals surface area contributed by atoms with E-state index >= 15 is 0 Å². The summed E-state index contributed by atoms with van der Waals surface area (Å²) in [7, 11) is 0. The molecule has 1 aromatic rings. The Morgan fingerprint density at radius 2 is 1.76 bits per heavy atom. The summed E-state index contributed by atoms with van der Waals surface area (Å²) in [6.07, 6.45) is 2.37. The molecule has 1 heterocycles. The van der Waals surface area contributed by atoms with Crippen LogP contribution in [0.25, 0.3) is 0 Å². The van der Waals surface area contributed by atoms with Crippen LogP contribution in [0, 0.1) is 6.92 Å².